The lowest BCUT2D eigenvalue weighted by molar-refractivity contribution is -0.136. The number of urea groups is 1. The molecular formula is C21H21ClN2O6. The Balaban J connectivity index is 2.20. The predicted octanol–water partition coefficient (Wildman–Crippen LogP) is 3.30. The Morgan fingerprint density at radius 1 is 1.00 bits per heavy atom. The number of halogens is 1. The summed E-state index contributed by atoms with van der Waals surface area (Å²) in [4.78, 5) is 25.2. The SMILES string of the molecule is COC(=O)C1=C(c2ccc(OC)cc2)NC(=O)NC1c1cc(Cl)c(OC)c(OC)c1. The third-order valence-electron chi connectivity index (χ3n) is 4.65. The van der Waals surface area contributed by atoms with Crippen LogP contribution in [-0.2, 0) is 9.53 Å². The predicted molar refractivity (Wildman–Crippen MR) is 111 cm³/mol. The van der Waals surface area contributed by atoms with Gasteiger partial charge in [0.05, 0.1) is 50.8 Å². The first-order chi connectivity index (χ1) is 14.4. The van der Waals surface area contributed by atoms with Gasteiger partial charge in [0.25, 0.3) is 0 Å². The van der Waals surface area contributed by atoms with Crippen LogP contribution in [-0.4, -0.2) is 40.4 Å². The Labute approximate surface area is 178 Å². The molecule has 30 heavy (non-hydrogen) atoms. The Morgan fingerprint density at radius 3 is 2.27 bits per heavy atom. The molecule has 2 N–H and O–H groups in total. The van der Waals surface area contributed by atoms with Gasteiger partial charge in [-0.05, 0) is 47.5 Å². The summed E-state index contributed by atoms with van der Waals surface area (Å²) < 4.78 is 20.8. The van der Waals surface area contributed by atoms with E-state index in [1.165, 1.54) is 21.3 Å². The molecule has 0 aromatic heterocycles. The van der Waals surface area contributed by atoms with Crippen molar-refractivity contribution in [3.8, 4) is 17.2 Å². The second-order valence-corrected chi connectivity index (χ2v) is 6.69. The van der Waals surface area contributed by atoms with E-state index in [-0.39, 0.29) is 10.6 Å². The number of esters is 1. The van der Waals surface area contributed by atoms with Crippen molar-refractivity contribution in [3.05, 3.63) is 58.1 Å². The highest BCUT2D eigenvalue weighted by Gasteiger charge is 2.35. The largest absolute Gasteiger partial charge is 0.497 e. The van der Waals surface area contributed by atoms with Gasteiger partial charge in [-0.15, -0.1) is 0 Å². The first kappa shape index (κ1) is 21.3. The van der Waals surface area contributed by atoms with E-state index in [0.717, 1.165) is 0 Å². The van der Waals surface area contributed by atoms with Crippen LogP contribution in [0, 0.1) is 0 Å². The molecule has 2 aromatic carbocycles. The third-order valence-corrected chi connectivity index (χ3v) is 4.93. The number of carbonyl (C=O) groups excluding carboxylic acids is 2. The smallest absolute Gasteiger partial charge is 0.338 e. The van der Waals surface area contributed by atoms with Crippen LogP contribution in [0.3, 0.4) is 0 Å². The second-order valence-electron chi connectivity index (χ2n) is 6.28. The fourth-order valence-electron chi connectivity index (χ4n) is 3.23. The van der Waals surface area contributed by atoms with Crippen molar-refractivity contribution >= 4 is 29.3 Å². The normalized spacial score (nSPS) is 15.8. The molecule has 0 aliphatic carbocycles. The minimum Gasteiger partial charge on any atom is -0.497 e. The van der Waals surface area contributed by atoms with Crippen LogP contribution in [0.2, 0.25) is 5.02 Å². The summed E-state index contributed by atoms with van der Waals surface area (Å²) in [5.41, 5.74) is 1.68. The second kappa shape index (κ2) is 8.96. The zero-order valence-corrected chi connectivity index (χ0v) is 17.6. The lowest BCUT2D eigenvalue weighted by atomic mass is 9.92. The van der Waals surface area contributed by atoms with E-state index in [1.54, 1.807) is 43.5 Å². The van der Waals surface area contributed by atoms with E-state index < -0.39 is 18.0 Å². The van der Waals surface area contributed by atoms with Gasteiger partial charge < -0.3 is 29.6 Å². The number of nitrogens with one attached hydrogen (secondary N) is 2. The van der Waals surface area contributed by atoms with Crippen LogP contribution >= 0.6 is 11.6 Å². The molecule has 1 unspecified atom stereocenters. The number of hydrogen-bond donors (Lipinski definition) is 2. The van der Waals surface area contributed by atoms with Crippen molar-refractivity contribution in [1.29, 1.82) is 0 Å². The van der Waals surface area contributed by atoms with Crippen LogP contribution in [0.15, 0.2) is 42.0 Å². The summed E-state index contributed by atoms with van der Waals surface area (Å²) in [7, 11) is 5.77. The molecule has 0 radical (unpaired) electrons. The first-order valence-corrected chi connectivity index (χ1v) is 9.27. The van der Waals surface area contributed by atoms with Gasteiger partial charge >= 0.3 is 12.0 Å². The number of carbonyl (C=O) groups is 2. The van der Waals surface area contributed by atoms with Crippen molar-refractivity contribution in [3.63, 3.8) is 0 Å². The maximum atomic E-state index is 12.7. The highest BCUT2D eigenvalue weighted by molar-refractivity contribution is 6.32. The standard InChI is InChI=1S/C21H21ClN2O6/c1-27-13-7-5-11(6-8-13)17-16(20(25)30-4)18(24-21(26)23-17)12-9-14(22)19(29-3)15(10-12)28-2/h5-10,18H,1-4H3,(H2,23,24,26). The minimum atomic E-state index is -0.833. The molecule has 3 rings (SSSR count). The maximum Gasteiger partial charge on any atom is 0.338 e. The molecule has 2 aromatic rings. The van der Waals surface area contributed by atoms with Crippen LogP contribution in [0.1, 0.15) is 17.2 Å². The molecular weight excluding hydrogens is 412 g/mol. The van der Waals surface area contributed by atoms with Gasteiger partial charge in [0.1, 0.15) is 5.75 Å². The average molecular weight is 433 g/mol. The van der Waals surface area contributed by atoms with Gasteiger partial charge in [-0.25, -0.2) is 9.59 Å². The summed E-state index contributed by atoms with van der Waals surface area (Å²) in [6, 6.07) is 8.87. The minimum absolute atomic E-state index is 0.213. The number of amides is 2. The molecule has 9 heteroatoms. The molecule has 0 saturated heterocycles. The Kier molecular flexibility index (Phi) is 6.37. The number of ether oxygens (including phenoxy) is 4. The van der Waals surface area contributed by atoms with Crippen molar-refractivity contribution in [1.82, 2.24) is 10.6 Å². The van der Waals surface area contributed by atoms with Gasteiger partial charge in [0, 0.05) is 0 Å². The lowest BCUT2D eigenvalue weighted by Gasteiger charge is -2.30. The molecule has 0 fully saturated rings. The molecule has 1 aliphatic heterocycles. The molecule has 0 saturated carbocycles. The molecule has 1 heterocycles. The molecule has 8 nitrogen and oxygen atoms in total. The van der Waals surface area contributed by atoms with Crippen LogP contribution < -0.4 is 24.8 Å². The third kappa shape index (κ3) is 3.99. The number of methoxy groups -OCH3 is 4. The maximum absolute atomic E-state index is 12.7. The highest BCUT2D eigenvalue weighted by atomic mass is 35.5. The van der Waals surface area contributed by atoms with E-state index in [1.807, 2.05) is 0 Å². The van der Waals surface area contributed by atoms with Gasteiger partial charge in [-0.2, -0.15) is 0 Å². The number of benzene rings is 2. The van der Waals surface area contributed by atoms with Crippen LogP contribution in [0.25, 0.3) is 5.70 Å². The summed E-state index contributed by atoms with van der Waals surface area (Å²) in [5.74, 6) is 0.747. The fraction of sp³-hybridized carbons (Fsp3) is 0.238. The Hall–Kier alpha value is -3.39. The van der Waals surface area contributed by atoms with E-state index in [9.17, 15) is 9.59 Å². The summed E-state index contributed by atoms with van der Waals surface area (Å²) in [5, 5.41) is 5.72. The highest BCUT2D eigenvalue weighted by Crippen LogP contribution is 2.40. The van der Waals surface area contributed by atoms with Gasteiger partial charge in [0.15, 0.2) is 11.5 Å². The van der Waals surface area contributed by atoms with Gasteiger partial charge in [0.2, 0.25) is 0 Å². The van der Waals surface area contributed by atoms with Crippen molar-refractivity contribution in [2.75, 3.05) is 28.4 Å². The molecule has 158 valence electrons. The summed E-state index contributed by atoms with van der Waals surface area (Å²) >= 11 is 6.34. The quantitative estimate of drug-likeness (QED) is 0.680. The van der Waals surface area contributed by atoms with E-state index in [0.29, 0.717) is 34.1 Å². The fourth-order valence-corrected chi connectivity index (χ4v) is 3.53. The van der Waals surface area contributed by atoms with Gasteiger partial charge in [-0.3, -0.25) is 0 Å². The number of rotatable bonds is 6. The molecule has 1 aliphatic rings. The van der Waals surface area contributed by atoms with Gasteiger partial charge in [-0.1, -0.05) is 11.6 Å². The van der Waals surface area contributed by atoms with Crippen LogP contribution in [0.5, 0.6) is 17.2 Å². The van der Waals surface area contributed by atoms with Crippen molar-refractivity contribution in [2.24, 2.45) is 0 Å². The average Bonchev–Trinajstić information content (AvgIpc) is 2.77. The Morgan fingerprint density at radius 2 is 1.70 bits per heavy atom. The molecule has 0 bridgehead atoms. The number of hydrogen-bond acceptors (Lipinski definition) is 6. The van der Waals surface area contributed by atoms with E-state index in [2.05, 4.69) is 10.6 Å². The topological polar surface area (TPSA) is 95.1 Å². The molecule has 1 atom stereocenters. The van der Waals surface area contributed by atoms with Crippen LogP contribution in [0.4, 0.5) is 4.79 Å². The van der Waals surface area contributed by atoms with Crippen molar-refractivity contribution < 1.29 is 28.5 Å². The monoisotopic (exact) mass is 432 g/mol. The molecule has 0 spiro atoms. The summed E-state index contributed by atoms with van der Waals surface area (Å²) in [6.45, 7) is 0. The van der Waals surface area contributed by atoms with E-state index >= 15 is 0 Å². The van der Waals surface area contributed by atoms with E-state index in [4.69, 9.17) is 30.5 Å². The zero-order chi connectivity index (χ0) is 21.8. The first-order valence-electron chi connectivity index (χ1n) is 8.89. The zero-order valence-electron chi connectivity index (χ0n) is 16.9. The lowest BCUT2D eigenvalue weighted by Crippen LogP contribution is -2.45. The summed E-state index contributed by atoms with van der Waals surface area (Å²) in [6.07, 6.45) is 0. The molecule has 2 amide bonds. The Bertz CT molecular complexity index is 1000. The van der Waals surface area contributed by atoms with Crippen molar-refractivity contribution in [2.45, 2.75) is 6.04 Å².